The number of carboxylic acids is 1. The normalized spacial score (nSPS) is 23.3. The number of carbonyl (C=O) groups excluding carboxylic acids is 1. The van der Waals surface area contributed by atoms with E-state index in [0.717, 1.165) is 0 Å². The van der Waals surface area contributed by atoms with Gasteiger partial charge in [0, 0.05) is 38.4 Å². The van der Waals surface area contributed by atoms with E-state index in [2.05, 4.69) is 5.10 Å². The summed E-state index contributed by atoms with van der Waals surface area (Å²) in [4.78, 5) is 24.4. The maximum absolute atomic E-state index is 11.9. The molecule has 1 amide bonds. The van der Waals surface area contributed by atoms with Crippen LogP contribution in [0.4, 0.5) is 0 Å². The highest BCUT2D eigenvalue weighted by Gasteiger charge is 2.42. The number of hydrogen-bond donors (Lipinski definition) is 2. The van der Waals surface area contributed by atoms with Crippen LogP contribution in [0.2, 0.25) is 0 Å². The van der Waals surface area contributed by atoms with Crippen molar-refractivity contribution in [2.45, 2.75) is 24.9 Å². The third-order valence-corrected chi connectivity index (χ3v) is 3.19. The molecule has 3 N–H and O–H groups in total. The zero-order valence-corrected chi connectivity index (χ0v) is 9.95. The molecule has 1 atom stereocenters. The molecule has 1 aromatic rings. The van der Waals surface area contributed by atoms with Crippen molar-refractivity contribution in [3.8, 4) is 0 Å². The Bertz CT molecular complexity index is 445. The number of hydrogen-bond acceptors (Lipinski definition) is 4. The molecular formula is C11H16N4O3. The van der Waals surface area contributed by atoms with Gasteiger partial charge in [-0.3, -0.25) is 14.3 Å². The molecule has 18 heavy (non-hydrogen) atoms. The number of nitrogens with two attached hydrogens (primary N) is 1. The van der Waals surface area contributed by atoms with Crippen LogP contribution >= 0.6 is 0 Å². The minimum absolute atomic E-state index is 0.0836. The molecule has 0 saturated carbocycles. The maximum atomic E-state index is 11.9. The van der Waals surface area contributed by atoms with Gasteiger partial charge in [-0.25, -0.2) is 0 Å². The third-order valence-electron chi connectivity index (χ3n) is 3.19. The van der Waals surface area contributed by atoms with Crippen LogP contribution in [0.3, 0.4) is 0 Å². The zero-order chi connectivity index (χ0) is 13.2. The van der Waals surface area contributed by atoms with Crippen LogP contribution < -0.4 is 5.73 Å². The van der Waals surface area contributed by atoms with Crippen LogP contribution in [0.15, 0.2) is 18.5 Å². The minimum atomic E-state index is -1.29. The van der Waals surface area contributed by atoms with E-state index >= 15 is 0 Å². The van der Waals surface area contributed by atoms with Crippen molar-refractivity contribution in [3.63, 3.8) is 0 Å². The molecular weight excluding hydrogens is 236 g/mol. The summed E-state index contributed by atoms with van der Waals surface area (Å²) in [6.45, 7) is 0.980. The van der Waals surface area contributed by atoms with Gasteiger partial charge < -0.3 is 15.7 Å². The quantitative estimate of drug-likeness (QED) is 0.737. The predicted octanol–water partition coefficient (Wildman–Crippen LogP) is -0.712. The van der Waals surface area contributed by atoms with E-state index < -0.39 is 11.5 Å². The molecule has 1 fully saturated rings. The first-order valence-electron chi connectivity index (χ1n) is 5.79. The lowest BCUT2D eigenvalue weighted by Gasteiger charge is -2.20. The lowest BCUT2D eigenvalue weighted by atomic mass is 10.0. The van der Waals surface area contributed by atoms with Crippen LogP contribution in [-0.2, 0) is 16.1 Å². The summed E-state index contributed by atoms with van der Waals surface area (Å²) in [7, 11) is 0. The lowest BCUT2D eigenvalue weighted by molar-refractivity contribution is -0.143. The maximum Gasteiger partial charge on any atom is 0.325 e. The van der Waals surface area contributed by atoms with Gasteiger partial charge in [0.05, 0.1) is 0 Å². The van der Waals surface area contributed by atoms with Crippen molar-refractivity contribution in [1.82, 2.24) is 14.7 Å². The molecule has 0 bridgehead atoms. The Morgan fingerprint density at radius 1 is 1.50 bits per heavy atom. The second-order valence-electron chi connectivity index (χ2n) is 4.55. The van der Waals surface area contributed by atoms with E-state index in [-0.39, 0.29) is 12.5 Å². The number of carbonyl (C=O) groups is 2. The van der Waals surface area contributed by atoms with Gasteiger partial charge in [0.1, 0.15) is 5.54 Å². The number of aliphatic carboxylic acids is 1. The highest BCUT2D eigenvalue weighted by molar-refractivity contribution is 5.83. The number of likely N-dealkylation sites (tertiary alicyclic amines) is 1. The minimum Gasteiger partial charge on any atom is -0.480 e. The van der Waals surface area contributed by atoms with Gasteiger partial charge in [0.25, 0.3) is 0 Å². The van der Waals surface area contributed by atoms with Crippen LogP contribution in [0.25, 0.3) is 0 Å². The lowest BCUT2D eigenvalue weighted by Crippen LogP contribution is -2.50. The Morgan fingerprint density at radius 3 is 2.83 bits per heavy atom. The second kappa shape index (κ2) is 4.77. The van der Waals surface area contributed by atoms with Crippen molar-refractivity contribution in [2.24, 2.45) is 5.73 Å². The molecule has 7 heteroatoms. The van der Waals surface area contributed by atoms with E-state index in [1.165, 1.54) is 4.90 Å². The summed E-state index contributed by atoms with van der Waals surface area (Å²) in [5.74, 6) is -1.14. The molecule has 1 unspecified atom stereocenters. The Balaban J connectivity index is 1.86. The Kier molecular flexibility index (Phi) is 3.33. The van der Waals surface area contributed by atoms with E-state index in [1.807, 2.05) is 0 Å². The van der Waals surface area contributed by atoms with Gasteiger partial charge in [0.15, 0.2) is 0 Å². The van der Waals surface area contributed by atoms with Crippen molar-refractivity contribution < 1.29 is 14.7 Å². The highest BCUT2D eigenvalue weighted by atomic mass is 16.4. The van der Waals surface area contributed by atoms with E-state index in [1.54, 1.807) is 23.1 Å². The SMILES string of the molecule is NC1(C(=O)O)CCN(C(=O)CCn2cccn2)C1. The Labute approximate surface area is 104 Å². The van der Waals surface area contributed by atoms with Gasteiger partial charge in [-0.1, -0.05) is 0 Å². The first-order chi connectivity index (χ1) is 8.51. The summed E-state index contributed by atoms with van der Waals surface area (Å²) < 4.78 is 1.67. The van der Waals surface area contributed by atoms with Crippen LogP contribution in [0.1, 0.15) is 12.8 Å². The molecule has 0 radical (unpaired) electrons. The standard InChI is InChI=1S/C11H16N4O3/c12-11(10(17)18)3-7-14(8-11)9(16)2-6-15-5-1-4-13-15/h1,4-5H,2-3,6-8,12H2,(H,17,18). The first kappa shape index (κ1) is 12.6. The molecule has 1 aliphatic heterocycles. The summed E-state index contributed by atoms with van der Waals surface area (Å²) in [5, 5.41) is 13.0. The van der Waals surface area contributed by atoms with Crippen molar-refractivity contribution >= 4 is 11.9 Å². The molecule has 0 spiro atoms. The molecule has 1 saturated heterocycles. The smallest absolute Gasteiger partial charge is 0.325 e. The molecule has 7 nitrogen and oxygen atoms in total. The number of nitrogens with zero attached hydrogens (tertiary/aromatic N) is 3. The van der Waals surface area contributed by atoms with Crippen molar-refractivity contribution in [3.05, 3.63) is 18.5 Å². The molecule has 2 heterocycles. The van der Waals surface area contributed by atoms with Gasteiger partial charge >= 0.3 is 5.97 Å². The number of amides is 1. The molecule has 1 aliphatic rings. The average molecular weight is 252 g/mol. The van der Waals surface area contributed by atoms with Gasteiger partial charge in [0.2, 0.25) is 5.91 Å². The van der Waals surface area contributed by atoms with Crippen LogP contribution in [-0.4, -0.2) is 50.3 Å². The average Bonchev–Trinajstić information content (AvgIpc) is 2.95. The fraction of sp³-hybridized carbons (Fsp3) is 0.545. The van der Waals surface area contributed by atoms with E-state index in [4.69, 9.17) is 10.8 Å². The number of aryl methyl sites for hydroxylation is 1. The predicted molar refractivity (Wildman–Crippen MR) is 62.6 cm³/mol. The molecule has 1 aromatic heterocycles. The third kappa shape index (κ3) is 2.51. The Hall–Kier alpha value is -1.89. The second-order valence-corrected chi connectivity index (χ2v) is 4.55. The summed E-state index contributed by atoms with van der Waals surface area (Å²) in [6.07, 6.45) is 4.03. The number of rotatable bonds is 4. The fourth-order valence-electron chi connectivity index (χ4n) is 2.02. The zero-order valence-electron chi connectivity index (χ0n) is 9.95. The Morgan fingerprint density at radius 2 is 2.28 bits per heavy atom. The highest BCUT2D eigenvalue weighted by Crippen LogP contribution is 2.19. The largest absolute Gasteiger partial charge is 0.480 e. The van der Waals surface area contributed by atoms with Gasteiger partial charge in [-0.15, -0.1) is 0 Å². The molecule has 0 aliphatic carbocycles. The van der Waals surface area contributed by atoms with Crippen LogP contribution in [0, 0.1) is 0 Å². The molecule has 0 aromatic carbocycles. The van der Waals surface area contributed by atoms with Gasteiger partial charge in [-0.2, -0.15) is 5.10 Å². The topological polar surface area (TPSA) is 101 Å². The van der Waals surface area contributed by atoms with Crippen molar-refractivity contribution in [2.75, 3.05) is 13.1 Å². The number of aromatic nitrogens is 2. The summed E-state index contributed by atoms with van der Waals surface area (Å²) >= 11 is 0. The van der Waals surface area contributed by atoms with Crippen molar-refractivity contribution in [1.29, 1.82) is 0 Å². The summed E-state index contributed by atoms with van der Waals surface area (Å²) in [5.41, 5.74) is 4.42. The summed E-state index contributed by atoms with van der Waals surface area (Å²) in [6, 6.07) is 1.79. The molecule has 98 valence electrons. The number of carboxylic acid groups (broad SMARTS) is 1. The van der Waals surface area contributed by atoms with Gasteiger partial charge in [-0.05, 0) is 12.5 Å². The molecule has 2 rings (SSSR count). The van der Waals surface area contributed by atoms with E-state index in [9.17, 15) is 9.59 Å². The fourth-order valence-corrected chi connectivity index (χ4v) is 2.02. The first-order valence-corrected chi connectivity index (χ1v) is 5.79. The van der Waals surface area contributed by atoms with Crippen LogP contribution in [0.5, 0.6) is 0 Å². The van der Waals surface area contributed by atoms with E-state index in [0.29, 0.717) is 25.9 Å². The monoisotopic (exact) mass is 252 g/mol.